The fourth-order valence-electron chi connectivity index (χ4n) is 3.56. The van der Waals surface area contributed by atoms with Gasteiger partial charge in [0.1, 0.15) is 0 Å². The first kappa shape index (κ1) is 24.0. The second kappa shape index (κ2) is 11.8. The number of hydrogen-bond acceptors (Lipinski definition) is 4. The van der Waals surface area contributed by atoms with Gasteiger partial charge in [0.05, 0.1) is 6.42 Å². The topological polar surface area (TPSA) is 127 Å². The third-order valence-corrected chi connectivity index (χ3v) is 5.17. The van der Waals surface area contributed by atoms with Crippen molar-refractivity contribution >= 4 is 23.5 Å². The average Bonchev–Trinajstić information content (AvgIpc) is 2.86. The van der Waals surface area contributed by atoms with Gasteiger partial charge in [0, 0.05) is 30.8 Å². The molecule has 0 aliphatic rings. The number of rotatable bonds is 8. The quantitative estimate of drug-likeness (QED) is 0.178. The predicted octanol–water partition coefficient (Wildman–Crippen LogP) is 3.69. The molecule has 0 aliphatic carbocycles. The van der Waals surface area contributed by atoms with Crippen molar-refractivity contribution in [1.29, 1.82) is 5.26 Å². The molecule has 0 aliphatic heterocycles. The molecule has 3 aromatic carbocycles. The smallest absolute Gasteiger partial charge is 0.304 e. The van der Waals surface area contributed by atoms with Gasteiger partial charge in [-0.25, -0.2) is 0 Å². The Hall–Kier alpha value is -4.64. The average molecular weight is 456 g/mol. The number of guanidine groups is 1. The largest absolute Gasteiger partial charge is 0.481 e. The van der Waals surface area contributed by atoms with Gasteiger partial charge in [-0.15, -0.1) is 0 Å². The van der Waals surface area contributed by atoms with Gasteiger partial charge >= 0.3 is 5.97 Å². The second-order valence-corrected chi connectivity index (χ2v) is 7.50. The number of carboxylic acid groups (broad SMARTS) is 1. The van der Waals surface area contributed by atoms with Crippen LogP contribution < -0.4 is 16.0 Å². The van der Waals surface area contributed by atoms with Gasteiger partial charge in [-0.05, 0) is 34.9 Å². The molecule has 0 spiro atoms. The van der Waals surface area contributed by atoms with Crippen molar-refractivity contribution in [2.24, 2.45) is 4.99 Å². The maximum Gasteiger partial charge on any atom is 0.304 e. The highest BCUT2D eigenvalue weighted by Crippen LogP contribution is 2.28. The Morgan fingerprint density at radius 1 is 1.00 bits per heavy atom. The Labute approximate surface area is 198 Å². The minimum atomic E-state index is -0.873. The van der Waals surface area contributed by atoms with Crippen molar-refractivity contribution in [1.82, 2.24) is 10.6 Å². The van der Waals surface area contributed by atoms with Crippen LogP contribution >= 0.6 is 0 Å². The van der Waals surface area contributed by atoms with Crippen LogP contribution in [0.25, 0.3) is 0 Å². The summed E-state index contributed by atoms with van der Waals surface area (Å²) in [4.78, 5) is 28.1. The SMILES string of the molecule is CN=C(NC#N)Nc1cccc(C(=O)NCc2cccc(C(CC(=O)O)c3ccccc3)c2)c1. The minimum Gasteiger partial charge on any atom is -0.481 e. The van der Waals surface area contributed by atoms with E-state index in [4.69, 9.17) is 5.26 Å². The fourth-order valence-corrected chi connectivity index (χ4v) is 3.56. The fraction of sp³-hybridized carbons (Fsp3) is 0.154. The van der Waals surface area contributed by atoms with Crippen LogP contribution in [-0.2, 0) is 11.3 Å². The molecule has 4 N–H and O–H groups in total. The molecule has 0 aromatic heterocycles. The monoisotopic (exact) mass is 455 g/mol. The van der Waals surface area contributed by atoms with Crippen molar-refractivity contribution in [2.45, 2.75) is 18.9 Å². The molecule has 0 saturated heterocycles. The van der Waals surface area contributed by atoms with Crippen LogP contribution in [0.4, 0.5) is 5.69 Å². The van der Waals surface area contributed by atoms with E-state index in [0.717, 1.165) is 16.7 Å². The molecule has 1 atom stereocenters. The summed E-state index contributed by atoms with van der Waals surface area (Å²) >= 11 is 0. The summed E-state index contributed by atoms with van der Waals surface area (Å²) in [7, 11) is 1.54. The predicted molar refractivity (Wildman–Crippen MR) is 130 cm³/mol. The molecule has 8 heteroatoms. The molecule has 0 saturated carbocycles. The minimum absolute atomic E-state index is 0.0245. The molecule has 0 radical (unpaired) electrons. The number of nitrogens with one attached hydrogen (secondary N) is 3. The van der Waals surface area contributed by atoms with Crippen LogP contribution in [-0.4, -0.2) is 30.0 Å². The third-order valence-electron chi connectivity index (χ3n) is 5.17. The summed E-state index contributed by atoms with van der Waals surface area (Å²) < 4.78 is 0. The van der Waals surface area contributed by atoms with E-state index < -0.39 is 5.97 Å². The summed E-state index contributed by atoms with van der Waals surface area (Å²) in [5.74, 6) is -1.15. The lowest BCUT2D eigenvalue weighted by molar-refractivity contribution is -0.137. The number of nitriles is 1. The highest BCUT2D eigenvalue weighted by molar-refractivity contribution is 5.98. The first-order chi connectivity index (χ1) is 16.5. The van der Waals surface area contributed by atoms with Gasteiger partial charge in [-0.2, -0.15) is 5.26 Å². The highest BCUT2D eigenvalue weighted by atomic mass is 16.4. The van der Waals surface area contributed by atoms with Crippen LogP contribution in [0.2, 0.25) is 0 Å². The summed E-state index contributed by atoms with van der Waals surface area (Å²) in [6.07, 6.45) is 1.77. The maximum atomic E-state index is 12.7. The number of carbonyl (C=O) groups is 2. The van der Waals surface area contributed by atoms with Crippen LogP contribution in [0, 0.1) is 11.5 Å². The van der Waals surface area contributed by atoms with Crippen molar-refractivity contribution in [3.63, 3.8) is 0 Å². The lowest BCUT2D eigenvalue weighted by Gasteiger charge is -2.17. The zero-order valence-corrected chi connectivity index (χ0v) is 18.7. The van der Waals surface area contributed by atoms with Gasteiger partial charge in [0.15, 0.2) is 6.19 Å². The molecule has 0 fully saturated rings. The van der Waals surface area contributed by atoms with Crippen LogP contribution in [0.3, 0.4) is 0 Å². The molecule has 1 amide bonds. The summed E-state index contributed by atoms with van der Waals surface area (Å²) in [5.41, 5.74) is 3.73. The molecule has 3 rings (SSSR count). The van der Waals surface area contributed by atoms with Gasteiger partial charge in [0.25, 0.3) is 5.91 Å². The zero-order chi connectivity index (χ0) is 24.3. The Morgan fingerprint density at radius 2 is 1.74 bits per heavy atom. The second-order valence-electron chi connectivity index (χ2n) is 7.50. The number of hydrogen-bond donors (Lipinski definition) is 4. The molecule has 1 unspecified atom stereocenters. The summed E-state index contributed by atoms with van der Waals surface area (Å²) in [5, 5.41) is 26.4. The van der Waals surface area contributed by atoms with E-state index >= 15 is 0 Å². The van der Waals surface area contributed by atoms with E-state index in [0.29, 0.717) is 11.3 Å². The Balaban J connectivity index is 1.71. The van der Waals surface area contributed by atoms with E-state index in [2.05, 4.69) is 20.9 Å². The molecule has 172 valence electrons. The van der Waals surface area contributed by atoms with E-state index in [1.54, 1.807) is 30.5 Å². The van der Waals surface area contributed by atoms with Crippen molar-refractivity contribution in [3.05, 3.63) is 101 Å². The molecule has 34 heavy (non-hydrogen) atoms. The number of anilines is 1. The lowest BCUT2D eigenvalue weighted by atomic mass is 9.88. The number of nitrogens with zero attached hydrogens (tertiary/aromatic N) is 2. The highest BCUT2D eigenvalue weighted by Gasteiger charge is 2.18. The molecule has 8 nitrogen and oxygen atoms in total. The number of amides is 1. The first-order valence-electron chi connectivity index (χ1n) is 10.6. The van der Waals surface area contributed by atoms with E-state index in [-0.39, 0.29) is 30.8 Å². The van der Waals surface area contributed by atoms with Gasteiger partial charge < -0.3 is 15.7 Å². The number of carbonyl (C=O) groups excluding carboxylic acids is 1. The van der Waals surface area contributed by atoms with Crippen molar-refractivity contribution in [3.8, 4) is 6.19 Å². The molecule has 0 heterocycles. The molecular weight excluding hydrogens is 430 g/mol. The third kappa shape index (κ3) is 6.68. The molecule has 3 aromatic rings. The van der Waals surface area contributed by atoms with Gasteiger partial charge in [-0.3, -0.25) is 19.9 Å². The number of aliphatic carboxylic acids is 1. The first-order valence-corrected chi connectivity index (χ1v) is 10.6. The van der Waals surface area contributed by atoms with E-state index in [1.807, 2.05) is 54.6 Å². The molecule has 0 bridgehead atoms. The van der Waals surface area contributed by atoms with E-state index in [1.165, 1.54) is 7.05 Å². The Bertz CT molecular complexity index is 1220. The van der Waals surface area contributed by atoms with Crippen LogP contribution in [0.1, 0.15) is 39.4 Å². The van der Waals surface area contributed by atoms with Crippen molar-refractivity contribution in [2.75, 3.05) is 12.4 Å². The zero-order valence-electron chi connectivity index (χ0n) is 18.7. The number of aliphatic imine (C=N–C) groups is 1. The van der Waals surface area contributed by atoms with Gasteiger partial charge in [0.2, 0.25) is 5.96 Å². The molecular formula is C26H25N5O3. The lowest BCUT2D eigenvalue weighted by Crippen LogP contribution is -2.27. The standard InChI is InChI=1S/C26H25N5O3/c1-28-26(30-17-27)31-22-12-6-11-21(14-22)25(34)29-16-18-7-5-10-20(13-18)23(15-24(32)33)19-8-3-2-4-9-19/h2-14,23H,15-16H2,1H3,(H,29,34)(H,32,33)(H2,28,30,31). The summed E-state index contributed by atoms with van der Waals surface area (Å²) in [6, 6.07) is 24.0. The van der Waals surface area contributed by atoms with Crippen molar-refractivity contribution < 1.29 is 14.7 Å². The maximum absolute atomic E-state index is 12.7. The van der Waals surface area contributed by atoms with E-state index in [9.17, 15) is 14.7 Å². The Morgan fingerprint density at radius 3 is 2.44 bits per heavy atom. The summed E-state index contributed by atoms with van der Waals surface area (Å²) in [6.45, 7) is 0.288. The normalized spacial score (nSPS) is 11.7. The van der Waals surface area contributed by atoms with Crippen LogP contribution in [0.5, 0.6) is 0 Å². The number of benzene rings is 3. The Kier molecular flexibility index (Phi) is 8.36. The van der Waals surface area contributed by atoms with Crippen LogP contribution in [0.15, 0.2) is 83.9 Å². The number of carboxylic acids is 1. The van der Waals surface area contributed by atoms with Gasteiger partial charge in [-0.1, -0.05) is 60.7 Å².